The van der Waals surface area contributed by atoms with Crippen molar-refractivity contribution in [3.63, 3.8) is 0 Å². The number of hydrogen-bond donors (Lipinski definition) is 1. The number of aromatic nitrogens is 2. The van der Waals surface area contributed by atoms with Crippen LogP contribution < -0.4 is 10.2 Å². The Labute approximate surface area is 199 Å². The number of benzene rings is 2. The largest absolute Gasteiger partial charge is 0.378 e. The van der Waals surface area contributed by atoms with E-state index in [0.717, 1.165) is 22.6 Å². The minimum Gasteiger partial charge on any atom is -0.378 e. The van der Waals surface area contributed by atoms with Crippen molar-refractivity contribution in [1.82, 2.24) is 14.9 Å². The molecule has 0 atom stereocenters. The van der Waals surface area contributed by atoms with E-state index in [1.807, 2.05) is 93.5 Å². The van der Waals surface area contributed by atoms with Crippen molar-refractivity contribution in [2.24, 2.45) is 0 Å². The minimum absolute atomic E-state index is 0.0442. The summed E-state index contributed by atoms with van der Waals surface area (Å²) in [6.07, 6.45) is 0. The van der Waals surface area contributed by atoms with Gasteiger partial charge in [-0.3, -0.25) is 9.59 Å². The standard InChI is InChI=1S/C25H29N5O2S/c1-18-14-19(2)27-25(26-18)33-17-24(32)30(15-20-8-6-5-7-9-20)16-23(31)28-21-10-12-22(13-11-21)29(3)4/h5-14H,15-17H2,1-4H3,(H,28,31). The fourth-order valence-electron chi connectivity index (χ4n) is 3.23. The van der Waals surface area contributed by atoms with Crippen LogP contribution in [0.3, 0.4) is 0 Å². The predicted octanol–water partition coefficient (Wildman–Crippen LogP) is 3.92. The zero-order chi connectivity index (χ0) is 23.8. The summed E-state index contributed by atoms with van der Waals surface area (Å²) in [5.41, 5.74) is 4.41. The maximum absolute atomic E-state index is 13.1. The average molecular weight is 464 g/mol. The zero-order valence-electron chi connectivity index (χ0n) is 19.4. The minimum atomic E-state index is -0.246. The molecule has 0 aliphatic rings. The summed E-state index contributed by atoms with van der Waals surface area (Å²) in [5, 5.41) is 3.45. The molecular formula is C25H29N5O2S. The third-order valence-corrected chi connectivity index (χ3v) is 5.69. The quantitative estimate of drug-likeness (QED) is 0.383. The lowest BCUT2D eigenvalue weighted by atomic mass is 10.2. The van der Waals surface area contributed by atoms with E-state index in [1.165, 1.54) is 11.8 Å². The van der Waals surface area contributed by atoms with Crippen LogP contribution in [0.25, 0.3) is 0 Å². The van der Waals surface area contributed by atoms with E-state index in [2.05, 4.69) is 15.3 Å². The van der Waals surface area contributed by atoms with E-state index in [9.17, 15) is 9.59 Å². The van der Waals surface area contributed by atoms with Crippen LogP contribution in [-0.2, 0) is 16.1 Å². The second-order valence-corrected chi connectivity index (χ2v) is 8.89. The molecule has 8 heteroatoms. The number of anilines is 2. The van der Waals surface area contributed by atoms with Gasteiger partial charge < -0.3 is 15.1 Å². The van der Waals surface area contributed by atoms with E-state index in [4.69, 9.17) is 0 Å². The highest BCUT2D eigenvalue weighted by atomic mass is 32.2. The molecule has 172 valence electrons. The van der Waals surface area contributed by atoms with Crippen molar-refractivity contribution in [2.45, 2.75) is 25.5 Å². The Morgan fingerprint density at radius 2 is 1.58 bits per heavy atom. The zero-order valence-corrected chi connectivity index (χ0v) is 20.2. The molecule has 0 aliphatic heterocycles. The summed E-state index contributed by atoms with van der Waals surface area (Å²) in [6.45, 7) is 4.10. The molecule has 0 bridgehead atoms. The molecule has 3 aromatic rings. The summed E-state index contributed by atoms with van der Waals surface area (Å²) < 4.78 is 0. The Morgan fingerprint density at radius 1 is 0.939 bits per heavy atom. The first-order chi connectivity index (χ1) is 15.8. The summed E-state index contributed by atoms with van der Waals surface area (Å²) >= 11 is 1.28. The normalized spacial score (nSPS) is 10.5. The Kier molecular flexibility index (Phi) is 8.43. The van der Waals surface area contributed by atoms with Crippen molar-refractivity contribution >= 4 is 35.0 Å². The number of carbonyl (C=O) groups is 2. The van der Waals surface area contributed by atoms with Crippen molar-refractivity contribution in [2.75, 3.05) is 36.6 Å². The van der Waals surface area contributed by atoms with Gasteiger partial charge in [0.1, 0.15) is 6.54 Å². The fourth-order valence-corrected chi connectivity index (χ4v) is 4.08. The number of carbonyl (C=O) groups excluding carboxylic acids is 2. The maximum Gasteiger partial charge on any atom is 0.244 e. The third kappa shape index (κ3) is 7.61. The lowest BCUT2D eigenvalue weighted by Crippen LogP contribution is -2.38. The summed E-state index contributed by atoms with van der Waals surface area (Å²) in [4.78, 5) is 38.1. The number of nitrogens with one attached hydrogen (secondary N) is 1. The van der Waals surface area contributed by atoms with Crippen LogP contribution in [0.1, 0.15) is 17.0 Å². The van der Waals surface area contributed by atoms with Crippen molar-refractivity contribution in [3.05, 3.63) is 77.6 Å². The van der Waals surface area contributed by atoms with Crippen molar-refractivity contribution in [1.29, 1.82) is 0 Å². The molecule has 0 radical (unpaired) electrons. The first-order valence-electron chi connectivity index (χ1n) is 10.6. The second-order valence-electron chi connectivity index (χ2n) is 7.95. The number of thioether (sulfide) groups is 1. The number of amides is 2. The van der Waals surface area contributed by atoms with Gasteiger partial charge in [0.05, 0.1) is 5.75 Å². The van der Waals surface area contributed by atoms with E-state index >= 15 is 0 Å². The Hall–Kier alpha value is -3.39. The van der Waals surface area contributed by atoms with Crippen molar-refractivity contribution < 1.29 is 9.59 Å². The van der Waals surface area contributed by atoms with Crippen LogP contribution in [0, 0.1) is 13.8 Å². The van der Waals surface area contributed by atoms with Gasteiger partial charge in [-0.05, 0) is 49.7 Å². The van der Waals surface area contributed by atoms with Crippen LogP contribution in [-0.4, -0.2) is 53.1 Å². The van der Waals surface area contributed by atoms with Crippen LogP contribution in [0.15, 0.2) is 65.8 Å². The van der Waals surface area contributed by atoms with Crippen LogP contribution in [0.2, 0.25) is 0 Å². The Morgan fingerprint density at radius 3 is 2.18 bits per heavy atom. The molecule has 2 aromatic carbocycles. The molecule has 33 heavy (non-hydrogen) atoms. The second kappa shape index (κ2) is 11.5. The number of aryl methyl sites for hydroxylation is 2. The molecule has 0 saturated heterocycles. The smallest absolute Gasteiger partial charge is 0.244 e. The van der Waals surface area contributed by atoms with E-state index in [1.54, 1.807) is 4.90 Å². The van der Waals surface area contributed by atoms with E-state index in [-0.39, 0.29) is 24.1 Å². The Balaban J connectivity index is 1.67. The average Bonchev–Trinajstić information content (AvgIpc) is 2.77. The Bertz CT molecular complexity index is 1070. The van der Waals surface area contributed by atoms with E-state index < -0.39 is 0 Å². The first-order valence-corrected chi connectivity index (χ1v) is 11.6. The maximum atomic E-state index is 13.1. The third-order valence-electron chi connectivity index (χ3n) is 4.86. The number of nitrogens with zero attached hydrogens (tertiary/aromatic N) is 4. The van der Waals surface area contributed by atoms with Gasteiger partial charge in [0.2, 0.25) is 11.8 Å². The molecule has 0 spiro atoms. The lowest BCUT2D eigenvalue weighted by Gasteiger charge is -2.22. The molecule has 0 saturated carbocycles. The molecule has 2 amide bonds. The van der Waals surface area contributed by atoms with Gasteiger partial charge in [0.15, 0.2) is 5.16 Å². The van der Waals surface area contributed by atoms with Crippen molar-refractivity contribution in [3.8, 4) is 0 Å². The summed E-state index contributed by atoms with van der Waals surface area (Å²) in [7, 11) is 3.92. The highest BCUT2D eigenvalue weighted by Crippen LogP contribution is 2.17. The van der Waals surface area contributed by atoms with E-state index in [0.29, 0.717) is 17.4 Å². The van der Waals surface area contributed by atoms with Gasteiger partial charge in [-0.25, -0.2) is 9.97 Å². The summed E-state index contributed by atoms with van der Waals surface area (Å²) in [5.74, 6) is -0.241. The summed E-state index contributed by atoms with van der Waals surface area (Å²) in [6, 6.07) is 19.1. The number of rotatable bonds is 9. The first kappa shape index (κ1) is 24.3. The molecule has 7 nitrogen and oxygen atoms in total. The molecule has 1 heterocycles. The van der Waals surface area contributed by atoms with Gasteiger partial charge in [-0.1, -0.05) is 42.1 Å². The number of hydrogen-bond acceptors (Lipinski definition) is 6. The SMILES string of the molecule is Cc1cc(C)nc(SCC(=O)N(CC(=O)Nc2ccc(N(C)C)cc2)Cc2ccccc2)n1. The monoisotopic (exact) mass is 463 g/mol. The molecule has 0 aliphatic carbocycles. The molecule has 0 fully saturated rings. The van der Waals surface area contributed by atoms with Gasteiger partial charge >= 0.3 is 0 Å². The predicted molar refractivity (Wildman–Crippen MR) is 133 cm³/mol. The van der Waals surface area contributed by atoms with Gasteiger partial charge in [0.25, 0.3) is 0 Å². The molecular weight excluding hydrogens is 434 g/mol. The highest BCUT2D eigenvalue weighted by molar-refractivity contribution is 7.99. The molecule has 1 N–H and O–H groups in total. The van der Waals surface area contributed by atoms with Crippen LogP contribution >= 0.6 is 11.8 Å². The fraction of sp³-hybridized carbons (Fsp3) is 0.280. The molecule has 3 rings (SSSR count). The highest BCUT2D eigenvalue weighted by Gasteiger charge is 2.19. The van der Waals surface area contributed by atoms with Gasteiger partial charge in [0, 0.05) is 43.4 Å². The molecule has 0 unspecified atom stereocenters. The topological polar surface area (TPSA) is 78.4 Å². The van der Waals surface area contributed by atoms with Gasteiger partial charge in [-0.15, -0.1) is 0 Å². The van der Waals surface area contributed by atoms with Crippen LogP contribution in [0.5, 0.6) is 0 Å². The van der Waals surface area contributed by atoms with Gasteiger partial charge in [-0.2, -0.15) is 0 Å². The lowest BCUT2D eigenvalue weighted by molar-refractivity contribution is -0.132. The van der Waals surface area contributed by atoms with Crippen LogP contribution in [0.4, 0.5) is 11.4 Å². The molecule has 1 aromatic heterocycles.